The topological polar surface area (TPSA) is 60.2 Å². The molecule has 1 aromatic carbocycles. The fourth-order valence-electron chi connectivity index (χ4n) is 1.75. The second-order valence-corrected chi connectivity index (χ2v) is 3.74. The van der Waals surface area contributed by atoms with E-state index in [0.717, 1.165) is 23.1 Å². The number of aryl methyl sites for hydroxylation is 1. The number of fused-ring (bicyclic) bond motifs is 1. The van der Waals surface area contributed by atoms with Crippen LogP contribution in [0.4, 0.5) is 0 Å². The average molecular weight is 213 g/mol. The van der Waals surface area contributed by atoms with E-state index in [1.165, 1.54) is 0 Å². The summed E-state index contributed by atoms with van der Waals surface area (Å²) in [7, 11) is 0. The third-order valence-electron chi connectivity index (χ3n) is 2.53. The van der Waals surface area contributed by atoms with Crippen LogP contribution in [0.25, 0.3) is 0 Å². The Morgan fingerprint density at radius 3 is 2.94 bits per heavy atom. The van der Waals surface area contributed by atoms with E-state index in [1.807, 2.05) is 12.1 Å². The number of primary amides is 1. The Morgan fingerprint density at radius 2 is 2.19 bits per heavy atom. The Hall–Kier alpha value is -2.08. The van der Waals surface area contributed by atoms with Gasteiger partial charge in [-0.15, -0.1) is 0 Å². The minimum absolute atomic E-state index is 0.0467. The number of hydrogen-bond donors (Lipinski definition) is 1. The molecule has 0 saturated heterocycles. The van der Waals surface area contributed by atoms with Crippen molar-refractivity contribution in [1.82, 2.24) is 0 Å². The molecular weight excluding hydrogens is 202 g/mol. The smallest absolute Gasteiger partial charge is 0.229 e. The van der Waals surface area contributed by atoms with Gasteiger partial charge in [0, 0.05) is 17.5 Å². The fourth-order valence-corrected chi connectivity index (χ4v) is 1.75. The fraction of sp³-hybridized carbons (Fsp3) is 0.231. The summed E-state index contributed by atoms with van der Waals surface area (Å²) in [6.07, 6.45) is 1.46. The first-order valence-electron chi connectivity index (χ1n) is 5.10. The quantitative estimate of drug-likeness (QED) is 0.708. The first kappa shape index (κ1) is 10.4. The van der Waals surface area contributed by atoms with Gasteiger partial charge in [-0.25, -0.2) is 0 Å². The van der Waals surface area contributed by atoms with Crippen LogP contribution in [0.5, 0.6) is 0 Å². The Kier molecular flexibility index (Phi) is 2.74. The average Bonchev–Trinajstić information content (AvgIpc) is 2.60. The van der Waals surface area contributed by atoms with Crippen molar-refractivity contribution in [3.05, 3.63) is 34.9 Å². The van der Waals surface area contributed by atoms with Crippen LogP contribution in [0.15, 0.2) is 18.2 Å². The highest BCUT2D eigenvalue weighted by Crippen LogP contribution is 2.22. The molecule has 0 saturated carbocycles. The van der Waals surface area contributed by atoms with Crippen LogP contribution < -0.4 is 5.73 Å². The van der Waals surface area contributed by atoms with E-state index in [0.29, 0.717) is 6.42 Å². The molecule has 1 aliphatic carbocycles. The molecule has 2 N–H and O–H groups in total. The molecule has 3 heteroatoms. The van der Waals surface area contributed by atoms with Crippen molar-refractivity contribution < 1.29 is 9.59 Å². The number of Topliss-reactive ketones (excluding diaryl/α,β-unsaturated/α-hetero) is 1. The number of carbonyl (C=O) groups is 2. The molecule has 0 fully saturated rings. The summed E-state index contributed by atoms with van der Waals surface area (Å²) in [6.45, 7) is 0. The van der Waals surface area contributed by atoms with Crippen molar-refractivity contribution in [3.8, 4) is 11.8 Å². The lowest BCUT2D eigenvalue weighted by atomic mass is 10.1. The first-order chi connectivity index (χ1) is 7.66. The molecule has 0 atom stereocenters. The van der Waals surface area contributed by atoms with Crippen molar-refractivity contribution >= 4 is 11.7 Å². The van der Waals surface area contributed by atoms with Crippen molar-refractivity contribution in [2.24, 2.45) is 5.73 Å². The number of hydrogen-bond acceptors (Lipinski definition) is 2. The Bertz CT molecular complexity index is 520. The summed E-state index contributed by atoms with van der Waals surface area (Å²) in [5, 5.41) is 0. The largest absolute Gasteiger partial charge is 0.369 e. The molecule has 1 aromatic rings. The normalized spacial score (nSPS) is 12.9. The maximum absolute atomic E-state index is 11.5. The van der Waals surface area contributed by atoms with E-state index >= 15 is 0 Å². The molecule has 3 nitrogen and oxygen atoms in total. The molecule has 80 valence electrons. The minimum atomic E-state index is -0.440. The zero-order valence-electron chi connectivity index (χ0n) is 8.75. The van der Waals surface area contributed by atoms with Gasteiger partial charge >= 0.3 is 0 Å². The molecule has 1 amide bonds. The molecule has 0 bridgehead atoms. The van der Waals surface area contributed by atoms with Gasteiger partial charge in [0.05, 0.1) is 6.42 Å². The molecule has 0 aliphatic heterocycles. The summed E-state index contributed by atoms with van der Waals surface area (Å²) in [5.41, 5.74) is 7.59. The number of rotatable bonds is 1. The van der Waals surface area contributed by atoms with Gasteiger partial charge in [0.1, 0.15) is 0 Å². The molecule has 0 radical (unpaired) electrons. The molecule has 0 heterocycles. The van der Waals surface area contributed by atoms with Crippen LogP contribution in [0, 0.1) is 11.8 Å². The van der Waals surface area contributed by atoms with Crippen molar-refractivity contribution in [3.63, 3.8) is 0 Å². The van der Waals surface area contributed by atoms with E-state index in [-0.39, 0.29) is 12.2 Å². The second-order valence-electron chi connectivity index (χ2n) is 3.74. The number of amides is 1. The van der Waals surface area contributed by atoms with Crippen molar-refractivity contribution in [1.29, 1.82) is 0 Å². The van der Waals surface area contributed by atoms with Crippen molar-refractivity contribution in [2.45, 2.75) is 19.3 Å². The summed E-state index contributed by atoms with van der Waals surface area (Å²) < 4.78 is 0. The van der Waals surface area contributed by atoms with Crippen LogP contribution in [0.1, 0.15) is 34.3 Å². The SMILES string of the molecule is NC(=O)CC#Cc1ccc2c(c1)C(=O)CC2. The number of benzene rings is 1. The number of nitrogens with two attached hydrogens (primary N) is 1. The lowest BCUT2D eigenvalue weighted by molar-refractivity contribution is -0.117. The van der Waals surface area contributed by atoms with E-state index < -0.39 is 5.91 Å². The van der Waals surface area contributed by atoms with Crippen LogP contribution in [-0.4, -0.2) is 11.7 Å². The van der Waals surface area contributed by atoms with Crippen LogP contribution in [0.2, 0.25) is 0 Å². The van der Waals surface area contributed by atoms with Gasteiger partial charge in [-0.2, -0.15) is 0 Å². The van der Waals surface area contributed by atoms with Gasteiger partial charge in [-0.05, 0) is 24.1 Å². The number of ketones is 1. The second kappa shape index (κ2) is 4.19. The molecule has 1 aliphatic rings. The molecule has 16 heavy (non-hydrogen) atoms. The summed E-state index contributed by atoms with van der Waals surface area (Å²) in [6, 6.07) is 5.58. The van der Waals surface area contributed by atoms with Gasteiger partial charge in [-0.1, -0.05) is 17.9 Å². The Labute approximate surface area is 93.6 Å². The van der Waals surface area contributed by atoms with Gasteiger partial charge in [-0.3, -0.25) is 9.59 Å². The maximum Gasteiger partial charge on any atom is 0.229 e. The molecule has 0 spiro atoms. The van der Waals surface area contributed by atoms with Crippen LogP contribution in [0.3, 0.4) is 0 Å². The molecule has 2 rings (SSSR count). The predicted molar refractivity (Wildman–Crippen MR) is 59.8 cm³/mol. The summed E-state index contributed by atoms with van der Waals surface area (Å²) in [4.78, 5) is 22.0. The maximum atomic E-state index is 11.5. The van der Waals surface area contributed by atoms with E-state index in [1.54, 1.807) is 6.07 Å². The molecule has 0 unspecified atom stereocenters. The van der Waals surface area contributed by atoms with Gasteiger partial charge in [0.25, 0.3) is 0 Å². The Morgan fingerprint density at radius 1 is 1.38 bits per heavy atom. The van der Waals surface area contributed by atoms with E-state index in [9.17, 15) is 9.59 Å². The van der Waals surface area contributed by atoms with Crippen molar-refractivity contribution in [2.75, 3.05) is 0 Å². The highest BCUT2D eigenvalue weighted by Gasteiger charge is 2.18. The van der Waals surface area contributed by atoms with E-state index in [4.69, 9.17) is 5.73 Å². The summed E-state index contributed by atoms with van der Waals surface area (Å²) >= 11 is 0. The van der Waals surface area contributed by atoms with Gasteiger partial charge < -0.3 is 5.73 Å². The lowest BCUT2D eigenvalue weighted by Crippen LogP contribution is -2.08. The monoisotopic (exact) mass is 213 g/mol. The standard InChI is InChI=1S/C13H11NO2/c14-13(16)3-1-2-9-4-5-10-6-7-12(15)11(10)8-9/h4-5,8H,3,6-7H2,(H2,14,16). The van der Waals surface area contributed by atoms with Crippen LogP contribution in [-0.2, 0) is 11.2 Å². The van der Waals surface area contributed by atoms with E-state index in [2.05, 4.69) is 11.8 Å². The predicted octanol–water partition coefficient (Wildman–Crippen LogP) is 1.04. The minimum Gasteiger partial charge on any atom is -0.369 e. The first-order valence-corrected chi connectivity index (χ1v) is 5.10. The zero-order chi connectivity index (χ0) is 11.5. The third-order valence-corrected chi connectivity index (χ3v) is 2.53. The summed E-state index contributed by atoms with van der Waals surface area (Å²) in [5.74, 6) is 5.23. The lowest BCUT2D eigenvalue weighted by Gasteiger charge is -1.97. The molecule has 0 aromatic heterocycles. The van der Waals surface area contributed by atoms with Gasteiger partial charge in [0.15, 0.2) is 5.78 Å². The highest BCUT2D eigenvalue weighted by atomic mass is 16.1. The zero-order valence-corrected chi connectivity index (χ0v) is 8.75. The Balaban J connectivity index is 2.24. The van der Waals surface area contributed by atoms with Crippen LogP contribution >= 0.6 is 0 Å². The van der Waals surface area contributed by atoms with Gasteiger partial charge in [0.2, 0.25) is 5.91 Å². The third kappa shape index (κ3) is 2.12. The number of carbonyl (C=O) groups excluding carboxylic acids is 2. The highest BCUT2D eigenvalue weighted by molar-refractivity contribution is 6.00. The molecular formula is C13H11NO2.